The van der Waals surface area contributed by atoms with Gasteiger partial charge in [-0.25, -0.2) is 12.8 Å². The molecule has 1 unspecified atom stereocenters. The van der Waals surface area contributed by atoms with Gasteiger partial charge in [0.1, 0.15) is 5.82 Å². The molecule has 0 aliphatic carbocycles. The predicted molar refractivity (Wildman–Crippen MR) is 81.5 cm³/mol. The number of hydrogen-bond donors (Lipinski definition) is 1. The highest BCUT2D eigenvalue weighted by molar-refractivity contribution is 7.90. The highest BCUT2D eigenvalue weighted by Crippen LogP contribution is 2.23. The Hall–Kier alpha value is -1.72. The summed E-state index contributed by atoms with van der Waals surface area (Å²) in [6, 6.07) is 13.0. The number of rotatable bonds is 5. The summed E-state index contributed by atoms with van der Waals surface area (Å²) in [5.41, 5.74) is 1.88. The standard InChI is InChI=1S/C16H18FNO2S/c1-3-18-16(12-4-8-14(17)9-5-12)13-6-10-15(11-7-13)21(2,19)20/h4-11,16,18H,3H2,1-2H3. The molecule has 112 valence electrons. The molecule has 1 atom stereocenters. The maximum Gasteiger partial charge on any atom is 0.175 e. The fourth-order valence-electron chi connectivity index (χ4n) is 2.19. The fourth-order valence-corrected chi connectivity index (χ4v) is 2.83. The first kappa shape index (κ1) is 15.7. The van der Waals surface area contributed by atoms with Crippen LogP contribution in [-0.2, 0) is 9.84 Å². The fraction of sp³-hybridized carbons (Fsp3) is 0.250. The number of halogens is 1. The van der Waals surface area contributed by atoms with E-state index in [2.05, 4.69) is 5.32 Å². The summed E-state index contributed by atoms with van der Waals surface area (Å²) < 4.78 is 36.0. The molecule has 21 heavy (non-hydrogen) atoms. The molecule has 0 radical (unpaired) electrons. The van der Waals surface area contributed by atoms with Crippen LogP contribution >= 0.6 is 0 Å². The minimum absolute atomic E-state index is 0.0933. The van der Waals surface area contributed by atoms with Crippen LogP contribution in [0.2, 0.25) is 0 Å². The van der Waals surface area contributed by atoms with Gasteiger partial charge in [0.2, 0.25) is 0 Å². The van der Waals surface area contributed by atoms with Crippen molar-refractivity contribution in [1.82, 2.24) is 5.32 Å². The van der Waals surface area contributed by atoms with Gasteiger partial charge in [-0.05, 0) is 41.9 Å². The van der Waals surface area contributed by atoms with Crippen LogP contribution in [-0.4, -0.2) is 21.2 Å². The zero-order chi connectivity index (χ0) is 15.5. The van der Waals surface area contributed by atoms with Gasteiger partial charge in [0.15, 0.2) is 9.84 Å². The third kappa shape index (κ3) is 3.89. The average molecular weight is 307 g/mol. The van der Waals surface area contributed by atoms with E-state index in [0.717, 1.165) is 17.7 Å². The van der Waals surface area contributed by atoms with E-state index in [1.165, 1.54) is 18.4 Å². The lowest BCUT2D eigenvalue weighted by Gasteiger charge is -2.19. The molecular weight excluding hydrogens is 289 g/mol. The van der Waals surface area contributed by atoms with Crippen LogP contribution in [0.5, 0.6) is 0 Å². The minimum Gasteiger partial charge on any atom is -0.307 e. The molecule has 0 aliphatic heterocycles. The number of benzene rings is 2. The van der Waals surface area contributed by atoms with E-state index in [9.17, 15) is 12.8 Å². The molecule has 3 nitrogen and oxygen atoms in total. The molecule has 0 aliphatic rings. The lowest BCUT2D eigenvalue weighted by Crippen LogP contribution is -2.22. The van der Waals surface area contributed by atoms with Crippen LogP contribution in [0, 0.1) is 5.82 Å². The van der Waals surface area contributed by atoms with Gasteiger partial charge in [0.05, 0.1) is 10.9 Å². The van der Waals surface area contributed by atoms with E-state index >= 15 is 0 Å². The Morgan fingerprint density at radius 3 is 1.90 bits per heavy atom. The van der Waals surface area contributed by atoms with Crippen LogP contribution in [0.25, 0.3) is 0 Å². The maximum atomic E-state index is 13.0. The zero-order valence-corrected chi connectivity index (χ0v) is 12.8. The lowest BCUT2D eigenvalue weighted by atomic mass is 9.99. The Labute approximate surface area is 124 Å². The summed E-state index contributed by atoms with van der Waals surface area (Å²) >= 11 is 0. The summed E-state index contributed by atoms with van der Waals surface area (Å²) in [7, 11) is -3.20. The number of sulfone groups is 1. The molecule has 0 bridgehead atoms. The summed E-state index contributed by atoms with van der Waals surface area (Å²) in [6.07, 6.45) is 1.18. The molecule has 0 heterocycles. The van der Waals surface area contributed by atoms with E-state index in [4.69, 9.17) is 0 Å². The van der Waals surface area contributed by atoms with Gasteiger partial charge >= 0.3 is 0 Å². The molecule has 0 saturated heterocycles. The van der Waals surface area contributed by atoms with E-state index in [0.29, 0.717) is 4.90 Å². The van der Waals surface area contributed by atoms with Gasteiger partial charge < -0.3 is 5.32 Å². The largest absolute Gasteiger partial charge is 0.307 e. The highest BCUT2D eigenvalue weighted by atomic mass is 32.2. The second kappa shape index (κ2) is 6.37. The van der Waals surface area contributed by atoms with Crippen LogP contribution in [0.1, 0.15) is 24.1 Å². The van der Waals surface area contributed by atoms with E-state index in [1.807, 2.05) is 6.92 Å². The van der Waals surface area contributed by atoms with Gasteiger partial charge in [0, 0.05) is 6.26 Å². The summed E-state index contributed by atoms with van der Waals surface area (Å²) in [4.78, 5) is 0.292. The molecule has 0 amide bonds. The molecule has 0 aromatic heterocycles. The molecule has 1 N–H and O–H groups in total. The molecule has 2 aromatic rings. The second-order valence-corrected chi connectivity index (χ2v) is 6.90. The van der Waals surface area contributed by atoms with Crippen molar-refractivity contribution in [3.8, 4) is 0 Å². The summed E-state index contributed by atoms with van der Waals surface area (Å²) in [6.45, 7) is 2.73. The molecular formula is C16H18FNO2S. The van der Waals surface area contributed by atoms with E-state index < -0.39 is 9.84 Å². The number of hydrogen-bond acceptors (Lipinski definition) is 3. The Morgan fingerprint density at radius 2 is 1.48 bits per heavy atom. The van der Waals surface area contributed by atoms with Crippen LogP contribution in [0.3, 0.4) is 0 Å². The van der Waals surface area contributed by atoms with Crippen molar-refractivity contribution in [2.24, 2.45) is 0 Å². The monoisotopic (exact) mass is 307 g/mol. The quantitative estimate of drug-likeness (QED) is 0.924. The zero-order valence-electron chi connectivity index (χ0n) is 12.0. The molecule has 0 fully saturated rings. The summed E-state index contributed by atoms with van der Waals surface area (Å²) in [5, 5.41) is 3.32. The van der Waals surface area contributed by atoms with Gasteiger partial charge in [-0.15, -0.1) is 0 Å². The smallest absolute Gasteiger partial charge is 0.175 e. The Morgan fingerprint density at radius 1 is 1.00 bits per heavy atom. The van der Waals surface area contributed by atoms with Crippen LogP contribution in [0.4, 0.5) is 4.39 Å². The topological polar surface area (TPSA) is 46.2 Å². The molecule has 5 heteroatoms. The van der Waals surface area contributed by atoms with Gasteiger partial charge in [-0.1, -0.05) is 31.2 Å². The number of nitrogens with one attached hydrogen (secondary N) is 1. The maximum absolute atomic E-state index is 13.0. The normalized spacial score (nSPS) is 13.1. The highest BCUT2D eigenvalue weighted by Gasteiger charge is 2.14. The Kier molecular flexibility index (Phi) is 4.75. The van der Waals surface area contributed by atoms with Crippen molar-refractivity contribution in [2.45, 2.75) is 17.9 Å². The van der Waals surface area contributed by atoms with E-state index in [1.54, 1.807) is 36.4 Å². The average Bonchev–Trinajstić information content (AvgIpc) is 2.45. The molecule has 2 aromatic carbocycles. The predicted octanol–water partition coefficient (Wildman–Crippen LogP) is 2.93. The first-order valence-corrected chi connectivity index (χ1v) is 8.60. The third-order valence-corrected chi connectivity index (χ3v) is 4.38. The van der Waals surface area contributed by atoms with Gasteiger partial charge in [-0.2, -0.15) is 0 Å². The van der Waals surface area contributed by atoms with E-state index in [-0.39, 0.29) is 11.9 Å². The van der Waals surface area contributed by atoms with Crippen molar-refractivity contribution >= 4 is 9.84 Å². The third-order valence-electron chi connectivity index (χ3n) is 3.25. The van der Waals surface area contributed by atoms with Gasteiger partial charge in [-0.3, -0.25) is 0 Å². The Bertz CT molecular complexity index is 694. The van der Waals surface area contributed by atoms with Crippen molar-refractivity contribution in [2.75, 3.05) is 12.8 Å². The van der Waals surface area contributed by atoms with Crippen LogP contribution < -0.4 is 5.32 Å². The Balaban J connectivity index is 2.36. The second-order valence-electron chi connectivity index (χ2n) is 4.88. The van der Waals surface area contributed by atoms with Crippen LogP contribution in [0.15, 0.2) is 53.4 Å². The van der Waals surface area contributed by atoms with Crippen molar-refractivity contribution in [1.29, 1.82) is 0 Å². The summed E-state index contributed by atoms with van der Waals surface area (Å²) in [5.74, 6) is -0.276. The first-order chi connectivity index (χ1) is 9.91. The first-order valence-electron chi connectivity index (χ1n) is 6.70. The van der Waals surface area contributed by atoms with Crippen molar-refractivity contribution in [3.63, 3.8) is 0 Å². The molecule has 2 rings (SSSR count). The molecule has 0 spiro atoms. The molecule has 0 saturated carbocycles. The SMILES string of the molecule is CCNC(c1ccc(F)cc1)c1ccc(S(C)(=O)=O)cc1. The minimum atomic E-state index is -3.20. The van der Waals surface area contributed by atoms with Crippen molar-refractivity contribution < 1.29 is 12.8 Å². The van der Waals surface area contributed by atoms with Gasteiger partial charge in [0.25, 0.3) is 0 Å². The van der Waals surface area contributed by atoms with Crippen molar-refractivity contribution in [3.05, 3.63) is 65.5 Å². The lowest BCUT2D eigenvalue weighted by molar-refractivity contribution is 0.601.